The van der Waals surface area contributed by atoms with Gasteiger partial charge >= 0.3 is 0 Å². The monoisotopic (exact) mass is 223 g/mol. The molecular formula is C10H13N3OS. The molecule has 0 aromatic carbocycles. The SMILES string of the molecule is CCN=C1NC(=O)C(c2ccc(C)s2)N1. The van der Waals surface area contributed by atoms with Gasteiger partial charge in [0.05, 0.1) is 0 Å². The molecule has 5 heteroatoms. The maximum Gasteiger partial charge on any atom is 0.254 e. The third-order valence-corrected chi connectivity index (χ3v) is 3.21. The molecule has 2 heterocycles. The summed E-state index contributed by atoms with van der Waals surface area (Å²) in [6.45, 7) is 4.63. The number of hydrogen-bond acceptors (Lipinski definition) is 3. The number of nitrogens with one attached hydrogen (secondary N) is 2. The van der Waals surface area contributed by atoms with Crippen molar-refractivity contribution in [1.29, 1.82) is 0 Å². The lowest BCUT2D eigenvalue weighted by molar-refractivity contribution is -0.120. The van der Waals surface area contributed by atoms with Crippen LogP contribution >= 0.6 is 11.3 Å². The second-order valence-corrected chi connectivity index (χ2v) is 4.66. The van der Waals surface area contributed by atoms with Gasteiger partial charge in [-0.05, 0) is 26.0 Å². The first-order valence-electron chi connectivity index (χ1n) is 4.89. The lowest BCUT2D eigenvalue weighted by atomic mass is 10.2. The molecule has 1 aliphatic rings. The molecule has 1 unspecified atom stereocenters. The number of thiophene rings is 1. The number of carbonyl (C=O) groups excluding carboxylic acids is 1. The van der Waals surface area contributed by atoms with Gasteiger partial charge in [0.25, 0.3) is 5.91 Å². The second-order valence-electron chi connectivity index (χ2n) is 3.34. The fraction of sp³-hybridized carbons (Fsp3) is 0.400. The van der Waals surface area contributed by atoms with Crippen LogP contribution in [0.25, 0.3) is 0 Å². The van der Waals surface area contributed by atoms with Gasteiger partial charge in [-0.3, -0.25) is 15.1 Å². The van der Waals surface area contributed by atoms with Crippen LogP contribution in [0.4, 0.5) is 0 Å². The molecular weight excluding hydrogens is 210 g/mol. The van der Waals surface area contributed by atoms with Gasteiger partial charge in [-0.1, -0.05) is 0 Å². The molecule has 0 bridgehead atoms. The zero-order chi connectivity index (χ0) is 10.8. The molecule has 1 atom stereocenters. The quantitative estimate of drug-likeness (QED) is 0.791. The number of carbonyl (C=O) groups is 1. The molecule has 1 aliphatic heterocycles. The van der Waals surface area contributed by atoms with Crippen molar-refractivity contribution in [2.75, 3.05) is 6.54 Å². The van der Waals surface area contributed by atoms with E-state index in [1.165, 1.54) is 4.88 Å². The number of nitrogens with zero attached hydrogens (tertiary/aromatic N) is 1. The third kappa shape index (κ3) is 2.02. The fourth-order valence-electron chi connectivity index (χ4n) is 1.48. The molecule has 80 valence electrons. The largest absolute Gasteiger partial charge is 0.340 e. The summed E-state index contributed by atoms with van der Waals surface area (Å²) in [5.41, 5.74) is 0. The summed E-state index contributed by atoms with van der Waals surface area (Å²) in [6, 6.07) is 3.73. The molecule has 1 fully saturated rings. The minimum Gasteiger partial charge on any atom is -0.340 e. The normalized spacial score (nSPS) is 22.9. The van der Waals surface area contributed by atoms with Crippen molar-refractivity contribution >= 4 is 23.2 Å². The molecule has 4 nitrogen and oxygen atoms in total. The van der Waals surface area contributed by atoms with Crippen LogP contribution < -0.4 is 10.6 Å². The highest BCUT2D eigenvalue weighted by atomic mass is 32.1. The van der Waals surface area contributed by atoms with Gasteiger partial charge in [0.1, 0.15) is 6.04 Å². The van der Waals surface area contributed by atoms with Gasteiger partial charge in [-0.15, -0.1) is 11.3 Å². The van der Waals surface area contributed by atoms with Crippen molar-refractivity contribution in [1.82, 2.24) is 10.6 Å². The van der Waals surface area contributed by atoms with Crippen LogP contribution in [0.1, 0.15) is 22.7 Å². The van der Waals surface area contributed by atoms with Crippen LogP contribution in [0.2, 0.25) is 0 Å². The van der Waals surface area contributed by atoms with Crippen molar-refractivity contribution in [3.05, 3.63) is 21.9 Å². The molecule has 1 aromatic heterocycles. The van der Waals surface area contributed by atoms with Crippen LogP contribution in [0.5, 0.6) is 0 Å². The van der Waals surface area contributed by atoms with Crippen molar-refractivity contribution in [2.24, 2.45) is 4.99 Å². The van der Waals surface area contributed by atoms with Gasteiger partial charge in [0.15, 0.2) is 5.96 Å². The Bertz CT molecular complexity index is 411. The van der Waals surface area contributed by atoms with Gasteiger partial charge in [-0.2, -0.15) is 0 Å². The molecule has 2 N–H and O–H groups in total. The molecule has 2 rings (SSSR count). The Morgan fingerprint density at radius 1 is 1.53 bits per heavy atom. The second kappa shape index (κ2) is 4.02. The standard InChI is InChI=1S/C10H13N3OS/c1-3-11-10-12-8(9(14)13-10)7-5-4-6(2)15-7/h4-5,8H,3H2,1-2H3,(H2,11,12,13,14). The summed E-state index contributed by atoms with van der Waals surface area (Å²) in [6.07, 6.45) is 0. The topological polar surface area (TPSA) is 53.5 Å². The van der Waals surface area contributed by atoms with Crippen molar-refractivity contribution < 1.29 is 4.79 Å². The lowest BCUT2D eigenvalue weighted by Gasteiger charge is -2.03. The number of aryl methyl sites for hydroxylation is 1. The average molecular weight is 223 g/mol. The van der Waals surface area contributed by atoms with Crippen LogP contribution in [0.15, 0.2) is 17.1 Å². The molecule has 15 heavy (non-hydrogen) atoms. The Balaban J connectivity index is 2.18. The number of aliphatic imine (C=N–C) groups is 1. The van der Waals surface area contributed by atoms with E-state index in [4.69, 9.17) is 0 Å². The summed E-state index contributed by atoms with van der Waals surface area (Å²) in [7, 11) is 0. The van der Waals surface area contributed by atoms with E-state index in [1.807, 2.05) is 26.0 Å². The fourth-order valence-corrected chi connectivity index (χ4v) is 2.41. The Morgan fingerprint density at radius 3 is 2.93 bits per heavy atom. The highest BCUT2D eigenvalue weighted by Crippen LogP contribution is 2.24. The van der Waals surface area contributed by atoms with E-state index in [9.17, 15) is 4.79 Å². The van der Waals surface area contributed by atoms with E-state index >= 15 is 0 Å². The highest BCUT2D eigenvalue weighted by molar-refractivity contribution is 7.12. The number of guanidine groups is 1. The Kier molecular flexibility index (Phi) is 2.73. The summed E-state index contributed by atoms with van der Waals surface area (Å²) < 4.78 is 0. The minimum absolute atomic E-state index is 0.0240. The van der Waals surface area contributed by atoms with Crippen LogP contribution in [0.3, 0.4) is 0 Å². The molecule has 0 saturated carbocycles. The number of hydrogen-bond donors (Lipinski definition) is 2. The van der Waals surface area contributed by atoms with E-state index in [1.54, 1.807) is 11.3 Å². The first-order valence-corrected chi connectivity index (χ1v) is 5.70. The third-order valence-electron chi connectivity index (χ3n) is 2.15. The first kappa shape index (κ1) is 10.2. The summed E-state index contributed by atoms with van der Waals surface area (Å²) >= 11 is 1.63. The summed E-state index contributed by atoms with van der Waals surface area (Å²) in [5, 5.41) is 5.79. The van der Waals surface area contributed by atoms with Crippen LogP contribution in [0, 0.1) is 6.92 Å². The van der Waals surface area contributed by atoms with Crippen molar-refractivity contribution in [2.45, 2.75) is 19.9 Å². The molecule has 0 spiro atoms. The maximum absolute atomic E-state index is 11.6. The van der Waals surface area contributed by atoms with E-state index in [-0.39, 0.29) is 11.9 Å². The minimum atomic E-state index is -0.269. The predicted molar refractivity (Wildman–Crippen MR) is 61.1 cm³/mol. The summed E-state index contributed by atoms with van der Waals surface area (Å²) in [4.78, 5) is 18.0. The maximum atomic E-state index is 11.6. The number of amides is 1. The Morgan fingerprint density at radius 2 is 2.33 bits per heavy atom. The van der Waals surface area contributed by atoms with Gasteiger partial charge in [0, 0.05) is 16.3 Å². The Hall–Kier alpha value is -1.36. The Labute approximate surface area is 92.4 Å². The van der Waals surface area contributed by atoms with E-state index < -0.39 is 0 Å². The predicted octanol–water partition coefficient (Wildman–Crippen LogP) is 1.19. The van der Waals surface area contributed by atoms with E-state index in [2.05, 4.69) is 15.6 Å². The number of rotatable bonds is 2. The first-order chi connectivity index (χ1) is 7.20. The average Bonchev–Trinajstić information content (AvgIpc) is 2.73. The lowest BCUT2D eigenvalue weighted by Crippen LogP contribution is -2.25. The zero-order valence-corrected chi connectivity index (χ0v) is 9.52. The van der Waals surface area contributed by atoms with E-state index in [0.717, 1.165) is 4.88 Å². The zero-order valence-electron chi connectivity index (χ0n) is 8.70. The van der Waals surface area contributed by atoms with Crippen LogP contribution in [-0.2, 0) is 4.79 Å². The molecule has 0 aliphatic carbocycles. The highest BCUT2D eigenvalue weighted by Gasteiger charge is 2.30. The van der Waals surface area contributed by atoms with Crippen LogP contribution in [-0.4, -0.2) is 18.4 Å². The molecule has 0 radical (unpaired) electrons. The van der Waals surface area contributed by atoms with Crippen molar-refractivity contribution in [3.8, 4) is 0 Å². The van der Waals surface area contributed by atoms with E-state index in [0.29, 0.717) is 12.5 Å². The van der Waals surface area contributed by atoms with Gasteiger partial charge in [0.2, 0.25) is 0 Å². The molecule has 1 saturated heterocycles. The van der Waals surface area contributed by atoms with Gasteiger partial charge in [-0.25, -0.2) is 0 Å². The molecule has 1 aromatic rings. The summed E-state index contributed by atoms with van der Waals surface area (Å²) in [5.74, 6) is 0.558. The van der Waals surface area contributed by atoms with Gasteiger partial charge < -0.3 is 5.32 Å². The van der Waals surface area contributed by atoms with Crippen molar-refractivity contribution in [3.63, 3.8) is 0 Å². The molecule has 1 amide bonds. The smallest absolute Gasteiger partial charge is 0.254 e.